The van der Waals surface area contributed by atoms with E-state index in [0.29, 0.717) is 5.75 Å². The minimum Gasteiger partial charge on any atom is -0.479 e. The van der Waals surface area contributed by atoms with E-state index >= 15 is 0 Å². The van der Waals surface area contributed by atoms with Crippen molar-refractivity contribution in [3.63, 3.8) is 0 Å². The van der Waals surface area contributed by atoms with E-state index in [9.17, 15) is 10.1 Å². The summed E-state index contributed by atoms with van der Waals surface area (Å²) in [6.07, 6.45) is 1.08. The summed E-state index contributed by atoms with van der Waals surface area (Å²) in [5, 5.41) is 10.7. The molecule has 15 heavy (non-hydrogen) atoms. The first-order chi connectivity index (χ1) is 7.08. The molecule has 0 bridgehead atoms. The summed E-state index contributed by atoms with van der Waals surface area (Å²) in [7, 11) is 0. The van der Waals surface area contributed by atoms with Gasteiger partial charge in [-0.25, -0.2) is 0 Å². The molecule has 1 unspecified atom stereocenters. The van der Waals surface area contributed by atoms with E-state index in [-0.39, 0.29) is 5.70 Å². The van der Waals surface area contributed by atoms with Gasteiger partial charge in [-0.15, -0.1) is 0 Å². The number of hydrogen-bond acceptors (Lipinski definition) is 3. The van der Waals surface area contributed by atoms with Crippen LogP contribution in [0.3, 0.4) is 0 Å². The van der Waals surface area contributed by atoms with Crippen molar-refractivity contribution in [2.45, 2.75) is 13.0 Å². The van der Waals surface area contributed by atoms with Gasteiger partial charge in [0.1, 0.15) is 5.75 Å². The van der Waals surface area contributed by atoms with Gasteiger partial charge in [0, 0.05) is 15.2 Å². The van der Waals surface area contributed by atoms with Crippen molar-refractivity contribution < 1.29 is 9.66 Å². The van der Waals surface area contributed by atoms with Crippen LogP contribution >= 0.6 is 22.6 Å². The van der Waals surface area contributed by atoms with Gasteiger partial charge in [0.05, 0.1) is 4.92 Å². The number of halogens is 1. The molecule has 1 aliphatic rings. The van der Waals surface area contributed by atoms with E-state index in [0.717, 1.165) is 9.13 Å². The average Bonchev–Trinajstić information content (AvgIpc) is 2.17. The van der Waals surface area contributed by atoms with Gasteiger partial charge in [0.15, 0.2) is 6.10 Å². The highest BCUT2D eigenvalue weighted by molar-refractivity contribution is 14.1. The Morgan fingerprint density at radius 3 is 2.93 bits per heavy atom. The summed E-state index contributed by atoms with van der Waals surface area (Å²) in [6.45, 7) is 1.68. The molecule has 0 amide bonds. The van der Waals surface area contributed by atoms with E-state index in [4.69, 9.17) is 4.74 Å². The highest BCUT2D eigenvalue weighted by atomic mass is 127. The van der Waals surface area contributed by atoms with Crippen LogP contribution in [-0.2, 0) is 0 Å². The van der Waals surface area contributed by atoms with Gasteiger partial charge in [0.2, 0.25) is 0 Å². The number of benzene rings is 1. The van der Waals surface area contributed by atoms with E-state index in [1.807, 2.05) is 18.2 Å². The molecule has 1 aromatic carbocycles. The summed E-state index contributed by atoms with van der Waals surface area (Å²) < 4.78 is 6.48. The van der Waals surface area contributed by atoms with Crippen LogP contribution in [0.1, 0.15) is 12.5 Å². The zero-order valence-corrected chi connectivity index (χ0v) is 10.1. The molecule has 0 aromatic heterocycles. The topological polar surface area (TPSA) is 52.4 Å². The Balaban J connectivity index is 2.51. The van der Waals surface area contributed by atoms with Gasteiger partial charge in [-0.3, -0.25) is 10.1 Å². The summed E-state index contributed by atoms with van der Waals surface area (Å²) in [6, 6.07) is 5.61. The van der Waals surface area contributed by atoms with Crippen molar-refractivity contribution in [1.29, 1.82) is 0 Å². The van der Waals surface area contributed by atoms with Gasteiger partial charge >= 0.3 is 0 Å². The Morgan fingerprint density at radius 1 is 1.53 bits per heavy atom. The van der Waals surface area contributed by atoms with Crippen LogP contribution in [0, 0.1) is 13.7 Å². The molecule has 0 N–H and O–H groups in total. The lowest BCUT2D eigenvalue weighted by molar-refractivity contribution is -0.433. The first-order valence-corrected chi connectivity index (χ1v) is 5.48. The molecule has 2 rings (SSSR count). The molecule has 0 saturated carbocycles. The second-order valence-corrected chi connectivity index (χ2v) is 4.51. The monoisotopic (exact) mass is 317 g/mol. The van der Waals surface area contributed by atoms with Gasteiger partial charge in [-0.2, -0.15) is 0 Å². The van der Waals surface area contributed by atoms with Gasteiger partial charge in [-0.05, 0) is 47.7 Å². The molecule has 1 heterocycles. The number of nitrogens with zero attached hydrogens (tertiary/aromatic N) is 1. The quantitative estimate of drug-likeness (QED) is 0.455. The Kier molecular flexibility index (Phi) is 2.64. The van der Waals surface area contributed by atoms with Gasteiger partial charge < -0.3 is 4.74 Å². The molecule has 0 radical (unpaired) electrons. The third kappa shape index (κ3) is 1.97. The third-order valence-corrected chi connectivity index (χ3v) is 2.88. The highest BCUT2D eigenvalue weighted by Crippen LogP contribution is 2.30. The maximum atomic E-state index is 10.7. The van der Waals surface area contributed by atoms with Gasteiger partial charge in [0.25, 0.3) is 5.70 Å². The minimum absolute atomic E-state index is 0.101. The molecule has 0 fully saturated rings. The zero-order chi connectivity index (χ0) is 11.0. The lowest BCUT2D eigenvalue weighted by Gasteiger charge is -2.19. The Morgan fingerprint density at radius 2 is 2.27 bits per heavy atom. The molecule has 0 saturated heterocycles. The summed E-state index contributed by atoms with van der Waals surface area (Å²) in [4.78, 5) is 10.3. The molecule has 4 nitrogen and oxygen atoms in total. The van der Waals surface area contributed by atoms with Crippen molar-refractivity contribution >= 4 is 28.7 Å². The Hall–Kier alpha value is -1.11. The second-order valence-electron chi connectivity index (χ2n) is 3.27. The molecule has 1 aliphatic heterocycles. The molecule has 1 aromatic rings. The lowest BCUT2D eigenvalue weighted by atomic mass is 10.1. The van der Waals surface area contributed by atoms with Crippen molar-refractivity contribution in [2.24, 2.45) is 0 Å². The molecular weight excluding hydrogens is 309 g/mol. The maximum absolute atomic E-state index is 10.7. The fourth-order valence-corrected chi connectivity index (χ4v) is 1.98. The Labute approximate surface area is 100 Å². The summed E-state index contributed by atoms with van der Waals surface area (Å²) in [5.41, 5.74) is 0.871. The number of rotatable bonds is 1. The first kappa shape index (κ1) is 10.4. The van der Waals surface area contributed by atoms with Crippen molar-refractivity contribution in [3.8, 4) is 5.75 Å². The van der Waals surface area contributed by atoms with E-state index in [1.165, 1.54) is 0 Å². The third-order valence-electron chi connectivity index (χ3n) is 2.21. The van der Waals surface area contributed by atoms with Crippen LogP contribution in [0.5, 0.6) is 5.75 Å². The van der Waals surface area contributed by atoms with E-state index < -0.39 is 11.0 Å². The smallest absolute Gasteiger partial charge is 0.286 e. The number of ether oxygens (including phenoxy) is 1. The van der Waals surface area contributed by atoms with Crippen LogP contribution in [0.25, 0.3) is 6.08 Å². The fourth-order valence-electron chi connectivity index (χ4n) is 1.47. The van der Waals surface area contributed by atoms with Crippen LogP contribution in [0.15, 0.2) is 23.9 Å². The second kappa shape index (κ2) is 3.80. The van der Waals surface area contributed by atoms with Crippen LogP contribution in [0.4, 0.5) is 0 Å². The average molecular weight is 317 g/mol. The minimum atomic E-state index is -0.493. The predicted molar refractivity (Wildman–Crippen MR) is 64.2 cm³/mol. The van der Waals surface area contributed by atoms with E-state index in [1.54, 1.807) is 13.0 Å². The molecule has 0 spiro atoms. The lowest BCUT2D eigenvalue weighted by Crippen LogP contribution is -2.23. The largest absolute Gasteiger partial charge is 0.479 e. The molecular formula is C10H8INO3. The molecule has 1 atom stereocenters. The van der Waals surface area contributed by atoms with Crippen LogP contribution in [-0.4, -0.2) is 11.0 Å². The summed E-state index contributed by atoms with van der Waals surface area (Å²) >= 11 is 2.16. The van der Waals surface area contributed by atoms with Crippen LogP contribution in [0.2, 0.25) is 0 Å². The predicted octanol–water partition coefficient (Wildman–Crippen LogP) is 2.69. The van der Waals surface area contributed by atoms with Crippen molar-refractivity contribution in [1.82, 2.24) is 0 Å². The normalized spacial score (nSPS) is 18.8. The van der Waals surface area contributed by atoms with Gasteiger partial charge in [-0.1, -0.05) is 0 Å². The molecule has 5 heteroatoms. The van der Waals surface area contributed by atoms with Crippen molar-refractivity contribution in [2.75, 3.05) is 0 Å². The molecule has 78 valence electrons. The molecule has 0 aliphatic carbocycles. The zero-order valence-electron chi connectivity index (χ0n) is 7.94. The SMILES string of the molecule is CC1Oc2ccc(I)cc2C=C1[N+](=O)[O-]. The van der Waals surface area contributed by atoms with E-state index in [2.05, 4.69) is 22.6 Å². The fraction of sp³-hybridized carbons (Fsp3) is 0.200. The standard InChI is InChI=1S/C10H8INO3/c1-6-9(12(13)14)5-7-4-8(11)2-3-10(7)15-6/h2-6H,1H3. The highest BCUT2D eigenvalue weighted by Gasteiger charge is 2.27. The maximum Gasteiger partial charge on any atom is 0.286 e. The first-order valence-electron chi connectivity index (χ1n) is 4.40. The number of hydrogen-bond donors (Lipinski definition) is 0. The van der Waals surface area contributed by atoms with Crippen LogP contribution < -0.4 is 4.74 Å². The summed E-state index contributed by atoms with van der Waals surface area (Å²) in [5.74, 6) is 0.702. The number of fused-ring (bicyclic) bond motifs is 1. The Bertz CT molecular complexity index is 456. The number of nitro groups is 1. The van der Waals surface area contributed by atoms with Crippen molar-refractivity contribution in [3.05, 3.63) is 43.1 Å².